The number of halogens is 1. The van der Waals surface area contributed by atoms with E-state index >= 15 is 0 Å². The smallest absolute Gasteiger partial charge is 0.186 e. The number of aromatic nitrogens is 1. The van der Waals surface area contributed by atoms with Gasteiger partial charge in [-0.15, -0.1) is 11.3 Å². The fourth-order valence-electron chi connectivity index (χ4n) is 1.91. The Labute approximate surface area is 123 Å². The van der Waals surface area contributed by atoms with Crippen molar-refractivity contribution in [2.75, 3.05) is 5.73 Å². The number of hydrogen-bond donors (Lipinski definition) is 1. The van der Waals surface area contributed by atoms with Gasteiger partial charge in [0, 0.05) is 0 Å². The molecule has 0 aliphatic rings. The van der Waals surface area contributed by atoms with Gasteiger partial charge in [-0.05, 0) is 40.5 Å². The Morgan fingerprint density at radius 3 is 2.53 bits per heavy atom. The molecule has 3 aromatic rings. The summed E-state index contributed by atoms with van der Waals surface area (Å²) >= 11 is 5.05. The summed E-state index contributed by atoms with van der Waals surface area (Å²) in [6.45, 7) is 2.05. The number of rotatable bonds is 2. The highest BCUT2D eigenvalue weighted by Gasteiger charge is 2.18. The first-order valence-electron chi connectivity index (χ1n) is 5.73. The quantitative estimate of drug-likeness (QED) is 0.737. The molecule has 2 heterocycles. The molecule has 0 saturated heterocycles. The van der Waals surface area contributed by atoms with Gasteiger partial charge in [-0.2, -0.15) is 0 Å². The van der Waals surface area contributed by atoms with Gasteiger partial charge in [0.25, 0.3) is 0 Å². The first-order valence-corrected chi connectivity index (χ1v) is 7.34. The Morgan fingerprint density at radius 2 is 1.89 bits per heavy atom. The summed E-state index contributed by atoms with van der Waals surface area (Å²) in [6, 6.07) is 12.1. The Kier molecular flexibility index (Phi) is 3.16. The van der Waals surface area contributed by atoms with E-state index in [1.165, 1.54) is 5.56 Å². The molecule has 3 rings (SSSR count). The number of nitrogen functional groups attached to an aromatic ring is 1. The molecule has 0 fully saturated rings. The summed E-state index contributed by atoms with van der Waals surface area (Å²) in [4.78, 5) is 1.01. The molecule has 3 nitrogen and oxygen atoms in total. The number of hydrogen-bond acceptors (Lipinski definition) is 4. The molecule has 0 unspecified atom stereocenters. The van der Waals surface area contributed by atoms with Crippen LogP contribution in [0.5, 0.6) is 0 Å². The van der Waals surface area contributed by atoms with Crippen molar-refractivity contribution >= 4 is 33.1 Å². The van der Waals surface area contributed by atoms with Crippen molar-refractivity contribution in [3.8, 4) is 21.8 Å². The van der Waals surface area contributed by atoms with Crippen LogP contribution in [0, 0.1) is 6.92 Å². The fraction of sp³-hybridized carbons (Fsp3) is 0.0714. The summed E-state index contributed by atoms with van der Waals surface area (Å²) in [5, 5.41) is 3.90. The summed E-state index contributed by atoms with van der Waals surface area (Å²) in [6.07, 6.45) is 0. The molecular formula is C14H11BrN2OS. The number of benzene rings is 1. The molecule has 0 radical (unpaired) electrons. The maximum absolute atomic E-state index is 5.94. The Bertz CT molecular complexity index is 715. The molecule has 2 aromatic heterocycles. The molecule has 1 aromatic carbocycles. The van der Waals surface area contributed by atoms with E-state index < -0.39 is 0 Å². The van der Waals surface area contributed by atoms with Crippen LogP contribution >= 0.6 is 27.3 Å². The van der Waals surface area contributed by atoms with Gasteiger partial charge in [0.2, 0.25) is 0 Å². The molecule has 0 bridgehead atoms. The number of nitrogens with two attached hydrogens (primary N) is 1. The van der Waals surface area contributed by atoms with Crippen molar-refractivity contribution in [3.05, 3.63) is 45.7 Å². The van der Waals surface area contributed by atoms with Crippen LogP contribution in [0.15, 0.2) is 44.7 Å². The molecule has 0 aliphatic heterocycles. The highest BCUT2D eigenvalue weighted by Crippen LogP contribution is 2.40. The van der Waals surface area contributed by atoms with E-state index in [1.807, 2.05) is 24.3 Å². The number of thiophene rings is 1. The van der Waals surface area contributed by atoms with Crippen molar-refractivity contribution < 1.29 is 4.52 Å². The van der Waals surface area contributed by atoms with Crippen LogP contribution in [0.25, 0.3) is 21.8 Å². The Morgan fingerprint density at radius 1 is 1.16 bits per heavy atom. The van der Waals surface area contributed by atoms with Gasteiger partial charge >= 0.3 is 0 Å². The summed E-state index contributed by atoms with van der Waals surface area (Å²) in [7, 11) is 0. The second-order valence-corrected chi connectivity index (χ2v) is 6.70. The van der Waals surface area contributed by atoms with Gasteiger partial charge in [0.05, 0.1) is 14.2 Å². The molecule has 0 saturated carbocycles. The molecule has 96 valence electrons. The minimum absolute atomic E-state index is 0.420. The zero-order valence-corrected chi connectivity index (χ0v) is 12.6. The SMILES string of the molecule is Cc1ccc(-c2c(N)noc2-c2ccc(Br)s2)cc1. The standard InChI is InChI=1S/C14H11BrN2OS/c1-8-2-4-9(5-3-8)12-13(18-17-14(12)16)10-6-7-11(15)19-10/h2-7H,1H3,(H2,16,17). The lowest BCUT2D eigenvalue weighted by Crippen LogP contribution is -1.88. The van der Waals surface area contributed by atoms with E-state index in [1.54, 1.807) is 11.3 Å². The van der Waals surface area contributed by atoms with E-state index in [0.29, 0.717) is 5.82 Å². The van der Waals surface area contributed by atoms with Crippen molar-refractivity contribution in [1.29, 1.82) is 0 Å². The molecular weight excluding hydrogens is 324 g/mol. The Balaban J connectivity index is 2.16. The zero-order valence-electron chi connectivity index (χ0n) is 10.2. The second-order valence-electron chi connectivity index (χ2n) is 4.24. The lowest BCUT2D eigenvalue weighted by molar-refractivity contribution is 0.437. The first kappa shape index (κ1) is 12.4. The number of aryl methyl sites for hydroxylation is 1. The molecule has 0 atom stereocenters. The molecule has 0 amide bonds. The van der Waals surface area contributed by atoms with Crippen LogP contribution in [-0.2, 0) is 0 Å². The van der Waals surface area contributed by atoms with Crippen LogP contribution in [0.4, 0.5) is 5.82 Å². The predicted molar refractivity (Wildman–Crippen MR) is 82.1 cm³/mol. The third kappa shape index (κ3) is 2.31. The summed E-state index contributed by atoms with van der Waals surface area (Å²) in [5.41, 5.74) is 9.02. The Hall–Kier alpha value is -1.59. The minimum Gasteiger partial charge on any atom is -0.380 e. The van der Waals surface area contributed by atoms with Crippen LogP contribution in [0.3, 0.4) is 0 Å². The normalized spacial score (nSPS) is 10.8. The highest BCUT2D eigenvalue weighted by atomic mass is 79.9. The van der Waals surface area contributed by atoms with E-state index in [4.69, 9.17) is 10.3 Å². The third-order valence-corrected chi connectivity index (χ3v) is 4.48. The van der Waals surface area contributed by atoms with Gasteiger partial charge in [0.1, 0.15) is 0 Å². The van der Waals surface area contributed by atoms with Crippen molar-refractivity contribution in [1.82, 2.24) is 5.16 Å². The van der Waals surface area contributed by atoms with Gasteiger partial charge < -0.3 is 10.3 Å². The maximum atomic E-state index is 5.94. The second kappa shape index (κ2) is 4.83. The third-order valence-electron chi connectivity index (χ3n) is 2.86. The number of nitrogens with zero attached hydrogens (tertiary/aromatic N) is 1. The maximum Gasteiger partial charge on any atom is 0.186 e. The van der Waals surface area contributed by atoms with Crippen LogP contribution in [0.1, 0.15) is 5.56 Å². The van der Waals surface area contributed by atoms with E-state index in [0.717, 1.165) is 25.6 Å². The van der Waals surface area contributed by atoms with E-state index in [-0.39, 0.29) is 0 Å². The van der Waals surface area contributed by atoms with Gasteiger partial charge in [-0.1, -0.05) is 35.0 Å². The van der Waals surface area contributed by atoms with E-state index in [2.05, 4.69) is 40.1 Å². The average molecular weight is 335 g/mol. The molecule has 5 heteroatoms. The average Bonchev–Trinajstić information content (AvgIpc) is 2.97. The van der Waals surface area contributed by atoms with Gasteiger partial charge in [-0.3, -0.25) is 0 Å². The monoisotopic (exact) mass is 334 g/mol. The lowest BCUT2D eigenvalue weighted by atomic mass is 10.0. The zero-order chi connectivity index (χ0) is 13.4. The van der Waals surface area contributed by atoms with Gasteiger partial charge in [-0.25, -0.2) is 0 Å². The van der Waals surface area contributed by atoms with E-state index in [9.17, 15) is 0 Å². The van der Waals surface area contributed by atoms with Crippen LogP contribution in [0.2, 0.25) is 0 Å². The van der Waals surface area contributed by atoms with Crippen LogP contribution < -0.4 is 5.73 Å². The summed E-state index contributed by atoms with van der Waals surface area (Å²) < 4.78 is 6.44. The molecule has 19 heavy (non-hydrogen) atoms. The molecule has 2 N–H and O–H groups in total. The molecule has 0 spiro atoms. The van der Waals surface area contributed by atoms with Crippen molar-refractivity contribution in [2.24, 2.45) is 0 Å². The lowest BCUT2D eigenvalue weighted by Gasteiger charge is -2.01. The summed E-state index contributed by atoms with van der Waals surface area (Å²) in [5.74, 6) is 1.14. The van der Waals surface area contributed by atoms with Crippen molar-refractivity contribution in [2.45, 2.75) is 6.92 Å². The van der Waals surface area contributed by atoms with Gasteiger partial charge in [0.15, 0.2) is 11.6 Å². The van der Waals surface area contributed by atoms with Crippen molar-refractivity contribution in [3.63, 3.8) is 0 Å². The fourth-order valence-corrected chi connectivity index (χ4v) is 3.28. The minimum atomic E-state index is 0.420. The largest absolute Gasteiger partial charge is 0.380 e. The highest BCUT2D eigenvalue weighted by molar-refractivity contribution is 9.11. The molecule has 0 aliphatic carbocycles. The first-order chi connectivity index (χ1) is 9.15. The van der Waals surface area contributed by atoms with Crippen LogP contribution in [-0.4, -0.2) is 5.16 Å². The predicted octanol–water partition coefficient (Wildman–Crippen LogP) is 4.72. The topological polar surface area (TPSA) is 52.0 Å². The number of anilines is 1.